The summed E-state index contributed by atoms with van der Waals surface area (Å²) in [6.07, 6.45) is 3.78. The Balaban J connectivity index is 2.43. The van der Waals surface area contributed by atoms with Crippen LogP contribution in [0.25, 0.3) is 0 Å². The first kappa shape index (κ1) is 6.44. The van der Waals surface area contributed by atoms with Gasteiger partial charge in [0.25, 0.3) is 5.79 Å². The van der Waals surface area contributed by atoms with Crippen LogP contribution in [-0.2, 0) is 0 Å². The van der Waals surface area contributed by atoms with Gasteiger partial charge in [-0.15, -0.1) is 5.11 Å². The van der Waals surface area contributed by atoms with Crippen molar-refractivity contribution in [3.8, 4) is 0 Å². The minimum absolute atomic E-state index is 0.974. The van der Waals surface area contributed by atoms with Crippen molar-refractivity contribution in [2.75, 3.05) is 0 Å². The number of hydrogen-bond acceptors (Lipinski definition) is 6. The molecule has 0 saturated carbocycles. The molecule has 0 aliphatic carbocycles. The Morgan fingerprint density at radius 1 is 1.36 bits per heavy atom. The van der Waals surface area contributed by atoms with Gasteiger partial charge < -0.3 is 10.2 Å². The van der Waals surface area contributed by atoms with E-state index in [1.165, 1.54) is 12.3 Å². The van der Waals surface area contributed by atoms with Gasteiger partial charge in [0, 0.05) is 6.20 Å². The third-order valence-corrected chi connectivity index (χ3v) is 1.64. The minimum atomic E-state index is -2.08. The average Bonchev–Trinajstić information content (AvgIpc) is 2.45. The van der Waals surface area contributed by atoms with E-state index in [9.17, 15) is 10.2 Å². The van der Waals surface area contributed by atoms with Gasteiger partial charge in [0.15, 0.2) is 0 Å². The van der Waals surface area contributed by atoms with Crippen molar-refractivity contribution in [2.45, 2.75) is 11.4 Å². The van der Waals surface area contributed by atoms with E-state index in [0.29, 0.717) is 0 Å². The summed E-state index contributed by atoms with van der Waals surface area (Å²) in [4.78, 5) is 0. The molecule has 58 valence electrons. The van der Waals surface area contributed by atoms with Crippen LogP contribution in [0.3, 0.4) is 0 Å². The van der Waals surface area contributed by atoms with Gasteiger partial charge in [-0.3, -0.25) is 5.43 Å². The zero-order valence-electron chi connectivity index (χ0n) is 5.47. The average molecular weight is 154 g/mol. The van der Waals surface area contributed by atoms with Crippen molar-refractivity contribution in [2.24, 2.45) is 15.3 Å². The second kappa shape index (κ2) is 1.66. The van der Waals surface area contributed by atoms with Gasteiger partial charge in [0.05, 0.1) is 6.21 Å². The molecule has 1 atom stereocenters. The normalized spacial score (nSPS) is 36.9. The first-order valence-electron chi connectivity index (χ1n) is 3.02. The molecule has 1 spiro atoms. The number of hydrazone groups is 1. The number of hydrogen-bond donors (Lipinski definition) is 3. The molecule has 3 N–H and O–H groups in total. The molecule has 6 heteroatoms. The molecule has 0 aromatic rings. The van der Waals surface area contributed by atoms with Crippen LogP contribution in [-0.4, -0.2) is 27.9 Å². The Bertz CT molecular complexity index is 256. The molecule has 11 heavy (non-hydrogen) atoms. The largest absolute Gasteiger partial charge is 0.357 e. The Kier molecular flexibility index (Phi) is 0.972. The minimum Gasteiger partial charge on any atom is -0.357 e. The predicted octanol–water partition coefficient (Wildman–Crippen LogP) is -1.07. The van der Waals surface area contributed by atoms with Crippen molar-refractivity contribution in [1.29, 1.82) is 0 Å². The Hall–Kier alpha value is -1.27. The van der Waals surface area contributed by atoms with Crippen molar-refractivity contribution in [3.63, 3.8) is 0 Å². The number of nitrogens with zero attached hydrogens (tertiary/aromatic N) is 3. The molecule has 6 nitrogen and oxygen atoms in total. The van der Waals surface area contributed by atoms with E-state index in [4.69, 9.17) is 0 Å². The number of aliphatic hydroxyl groups is 2. The summed E-state index contributed by atoms with van der Waals surface area (Å²) in [6.45, 7) is 0. The number of rotatable bonds is 0. The summed E-state index contributed by atoms with van der Waals surface area (Å²) in [5.74, 6) is -2.08. The third-order valence-electron chi connectivity index (χ3n) is 1.64. The lowest BCUT2D eigenvalue weighted by molar-refractivity contribution is -0.133. The van der Waals surface area contributed by atoms with E-state index >= 15 is 0 Å². The zero-order valence-corrected chi connectivity index (χ0v) is 5.47. The highest BCUT2D eigenvalue weighted by Crippen LogP contribution is 2.29. The Morgan fingerprint density at radius 3 is 2.64 bits per heavy atom. The van der Waals surface area contributed by atoms with Crippen LogP contribution >= 0.6 is 0 Å². The molecule has 0 aromatic heterocycles. The lowest BCUT2D eigenvalue weighted by Crippen LogP contribution is -2.54. The molecule has 0 radical (unpaired) electrons. The monoisotopic (exact) mass is 154 g/mol. The van der Waals surface area contributed by atoms with Crippen LogP contribution in [0.5, 0.6) is 0 Å². The summed E-state index contributed by atoms with van der Waals surface area (Å²) in [7, 11) is 0. The number of nitrogens with one attached hydrogen (secondary N) is 1. The first-order valence-corrected chi connectivity index (χ1v) is 3.02. The van der Waals surface area contributed by atoms with Crippen molar-refractivity contribution in [3.05, 3.63) is 12.3 Å². The molecule has 2 aliphatic heterocycles. The fourth-order valence-electron chi connectivity index (χ4n) is 0.956. The quantitative estimate of drug-likeness (QED) is 0.388. The van der Waals surface area contributed by atoms with Gasteiger partial charge in [-0.2, -0.15) is 10.2 Å². The van der Waals surface area contributed by atoms with Crippen LogP contribution in [0, 0.1) is 0 Å². The van der Waals surface area contributed by atoms with Crippen LogP contribution in [0.1, 0.15) is 0 Å². The van der Waals surface area contributed by atoms with E-state index in [2.05, 4.69) is 20.8 Å². The SMILES string of the molecule is OC1(O)C=NNC12C=CN=N2. The van der Waals surface area contributed by atoms with Gasteiger partial charge in [0.2, 0.25) is 5.66 Å². The van der Waals surface area contributed by atoms with Crippen LogP contribution in [0.4, 0.5) is 0 Å². The molecule has 2 aliphatic rings. The molecular formula is C5H6N4O2. The molecule has 0 saturated heterocycles. The molecular weight excluding hydrogens is 148 g/mol. The van der Waals surface area contributed by atoms with Gasteiger partial charge in [0.1, 0.15) is 0 Å². The van der Waals surface area contributed by atoms with Gasteiger partial charge >= 0.3 is 0 Å². The van der Waals surface area contributed by atoms with Gasteiger partial charge in [-0.1, -0.05) is 0 Å². The summed E-state index contributed by atoms with van der Waals surface area (Å²) >= 11 is 0. The smallest absolute Gasteiger partial charge is 0.254 e. The zero-order chi connectivity index (χ0) is 7.95. The fourth-order valence-corrected chi connectivity index (χ4v) is 0.956. The van der Waals surface area contributed by atoms with E-state index in [0.717, 1.165) is 6.21 Å². The maximum atomic E-state index is 9.28. The highest BCUT2D eigenvalue weighted by Gasteiger charge is 2.53. The van der Waals surface area contributed by atoms with Crippen molar-refractivity contribution < 1.29 is 10.2 Å². The third kappa shape index (κ3) is 0.647. The highest BCUT2D eigenvalue weighted by atomic mass is 16.5. The van der Waals surface area contributed by atoms with Crippen LogP contribution in [0.15, 0.2) is 27.6 Å². The van der Waals surface area contributed by atoms with E-state index < -0.39 is 11.4 Å². The Labute approximate surface area is 61.9 Å². The van der Waals surface area contributed by atoms with Gasteiger partial charge in [-0.05, 0) is 6.08 Å². The first-order chi connectivity index (χ1) is 5.16. The van der Waals surface area contributed by atoms with E-state index in [-0.39, 0.29) is 0 Å². The van der Waals surface area contributed by atoms with Crippen LogP contribution in [0.2, 0.25) is 0 Å². The molecule has 0 aromatic carbocycles. The number of azo groups is 1. The van der Waals surface area contributed by atoms with Crippen LogP contribution < -0.4 is 5.43 Å². The summed E-state index contributed by atoms with van der Waals surface area (Å²) in [5, 5.41) is 29.2. The summed E-state index contributed by atoms with van der Waals surface area (Å²) < 4.78 is 0. The second-order valence-electron chi connectivity index (χ2n) is 2.39. The highest BCUT2D eigenvalue weighted by molar-refractivity contribution is 5.71. The maximum Gasteiger partial charge on any atom is 0.254 e. The predicted molar refractivity (Wildman–Crippen MR) is 35.5 cm³/mol. The molecule has 0 amide bonds. The van der Waals surface area contributed by atoms with E-state index in [1.807, 2.05) is 0 Å². The molecule has 2 rings (SSSR count). The standard InChI is InChI=1S/C5H6N4O2/c10-5(11)3-7-9-4(5)1-2-6-8-4/h1-3,9-11H. The van der Waals surface area contributed by atoms with Crippen molar-refractivity contribution in [1.82, 2.24) is 5.43 Å². The molecule has 1 unspecified atom stereocenters. The lowest BCUT2D eigenvalue weighted by atomic mass is 10.0. The van der Waals surface area contributed by atoms with E-state index in [1.54, 1.807) is 0 Å². The topological polar surface area (TPSA) is 89.6 Å². The summed E-state index contributed by atoms with van der Waals surface area (Å²) in [6, 6.07) is 0. The Morgan fingerprint density at radius 2 is 2.18 bits per heavy atom. The maximum absolute atomic E-state index is 9.28. The summed E-state index contributed by atoms with van der Waals surface area (Å²) in [5.41, 5.74) is 1.15. The van der Waals surface area contributed by atoms with Gasteiger partial charge in [-0.25, -0.2) is 0 Å². The molecule has 0 fully saturated rings. The fraction of sp³-hybridized carbons (Fsp3) is 0.400. The molecule has 0 bridgehead atoms. The van der Waals surface area contributed by atoms with Crippen molar-refractivity contribution >= 4 is 6.21 Å². The lowest BCUT2D eigenvalue weighted by Gasteiger charge is -2.25. The molecule has 2 heterocycles. The second-order valence-corrected chi connectivity index (χ2v) is 2.39.